The van der Waals surface area contributed by atoms with Gasteiger partial charge < -0.3 is 4.42 Å². The maximum atomic E-state index is 12.6. The van der Waals surface area contributed by atoms with Crippen LogP contribution in [0.3, 0.4) is 0 Å². The maximum absolute atomic E-state index is 12.6. The van der Waals surface area contributed by atoms with Gasteiger partial charge >= 0.3 is 0 Å². The normalized spacial score (nSPS) is 11.3. The van der Waals surface area contributed by atoms with Crippen LogP contribution in [-0.4, -0.2) is 32.1 Å². The lowest BCUT2D eigenvalue weighted by Gasteiger charge is -2.16. The maximum Gasteiger partial charge on any atom is 0.296 e. The van der Waals surface area contributed by atoms with E-state index in [1.807, 2.05) is 5.38 Å². The van der Waals surface area contributed by atoms with E-state index in [1.165, 1.54) is 22.5 Å². The Hall–Kier alpha value is -2.71. The van der Waals surface area contributed by atoms with E-state index in [2.05, 4.69) is 11.6 Å². The van der Waals surface area contributed by atoms with Crippen molar-refractivity contribution in [2.45, 2.75) is 4.90 Å². The first kappa shape index (κ1) is 18.1. The zero-order valence-electron chi connectivity index (χ0n) is 14.0. The number of carbonyl (C=O) groups is 1. The summed E-state index contributed by atoms with van der Waals surface area (Å²) < 4.78 is 28.3. The van der Waals surface area contributed by atoms with Crippen molar-refractivity contribution >= 4 is 32.2 Å². The fourth-order valence-corrected chi connectivity index (χ4v) is 3.78. The average molecular weight is 388 g/mol. The van der Waals surface area contributed by atoms with E-state index in [0.29, 0.717) is 17.4 Å². The first-order valence-electron chi connectivity index (χ1n) is 7.62. The van der Waals surface area contributed by atoms with Crippen LogP contribution in [0, 0.1) is 0 Å². The zero-order chi connectivity index (χ0) is 18.7. The highest BCUT2D eigenvalue weighted by molar-refractivity contribution is 7.90. The molecular weight excluding hydrogens is 372 g/mol. The molecule has 0 aliphatic rings. The van der Waals surface area contributed by atoms with Gasteiger partial charge in [-0.05, 0) is 24.3 Å². The Morgan fingerprint density at radius 3 is 2.62 bits per heavy atom. The number of hydrogen-bond acceptors (Lipinski definition) is 6. The minimum Gasteiger partial charge on any atom is -0.459 e. The second kappa shape index (κ2) is 7.27. The van der Waals surface area contributed by atoms with Crippen molar-refractivity contribution in [3.05, 3.63) is 66.5 Å². The molecule has 2 heterocycles. The molecule has 0 aliphatic carbocycles. The topological polar surface area (TPSA) is 80.5 Å². The van der Waals surface area contributed by atoms with Gasteiger partial charge in [0.2, 0.25) is 0 Å². The summed E-state index contributed by atoms with van der Waals surface area (Å²) in [7, 11) is -3.25. The van der Waals surface area contributed by atoms with Gasteiger partial charge in [0.15, 0.2) is 20.7 Å². The van der Waals surface area contributed by atoms with E-state index in [-0.39, 0.29) is 16.6 Å². The molecule has 0 saturated heterocycles. The first-order chi connectivity index (χ1) is 12.4. The SMILES string of the molecule is C=CCN(C(=O)c1ccco1)c1nc(-c2ccc(S(C)(=O)=O)cc2)cs1. The summed E-state index contributed by atoms with van der Waals surface area (Å²) in [5.41, 5.74) is 1.43. The average Bonchev–Trinajstić information content (AvgIpc) is 3.30. The van der Waals surface area contributed by atoms with Gasteiger partial charge in [-0.1, -0.05) is 18.2 Å². The highest BCUT2D eigenvalue weighted by Crippen LogP contribution is 2.29. The summed E-state index contributed by atoms with van der Waals surface area (Å²) in [6.45, 7) is 3.97. The predicted octanol–water partition coefficient (Wildman–Crippen LogP) is 3.64. The van der Waals surface area contributed by atoms with E-state index >= 15 is 0 Å². The number of thiazole rings is 1. The number of aromatic nitrogens is 1. The zero-order valence-corrected chi connectivity index (χ0v) is 15.6. The summed E-state index contributed by atoms with van der Waals surface area (Å²) >= 11 is 1.31. The monoisotopic (exact) mass is 388 g/mol. The summed E-state index contributed by atoms with van der Waals surface area (Å²) in [4.78, 5) is 18.8. The van der Waals surface area contributed by atoms with Crippen LogP contribution >= 0.6 is 11.3 Å². The number of anilines is 1. The molecule has 0 fully saturated rings. The lowest BCUT2D eigenvalue weighted by molar-refractivity contribution is 0.0963. The molecule has 0 N–H and O–H groups in total. The molecule has 134 valence electrons. The third kappa shape index (κ3) is 3.76. The lowest BCUT2D eigenvalue weighted by Crippen LogP contribution is -2.30. The summed E-state index contributed by atoms with van der Waals surface area (Å²) in [6.07, 6.45) is 4.22. The van der Waals surface area contributed by atoms with E-state index in [1.54, 1.807) is 42.5 Å². The number of carbonyl (C=O) groups excluding carboxylic acids is 1. The third-order valence-electron chi connectivity index (χ3n) is 3.59. The molecule has 0 bridgehead atoms. The minimum atomic E-state index is -3.25. The summed E-state index contributed by atoms with van der Waals surface area (Å²) in [6, 6.07) is 9.72. The second-order valence-corrected chi connectivity index (χ2v) is 8.35. The molecule has 0 atom stereocenters. The predicted molar refractivity (Wildman–Crippen MR) is 101 cm³/mol. The van der Waals surface area contributed by atoms with Crippen LogP contribution in [0.2, 0.25) is 0 Å². The van der Waals surface area contributed by atoms with Crippen LogP contribution in [0.25, 0.3) is 11.3 Å². The molecule has 1 aromatic carbocycles. The molecular formula is C18H16N2O4S2. The molecule has 3 rings (SSSR count). The van der Waals surface area contributed by atoms with Crippen LogP contribution in [0.15, 0.2) is 70.0 Å². The van der Waals surface area contributed by atoms with Crippen LogP contribution in [0.5, 0.6) is 0 Å². The Labute approximate surface area is 155 Å². The number of nitrogens with zero attached hydrogens (tertiary/aromatic N) is 2. The van der Waals surface area contributed by atoms with Gasteiger partial charge in [-0.2, -0.15) is 0 Å². The van der Waals surface area contributed by atoms with E-state index < -0.39 is 9.84 Å². The molecule has 1 amide bonds. The fourth-order valence-electron chi connectivity index (χ4n) is 2.30. The van der Waals surface area contributed by atoms with E-state index in [9.17, 15) is 13.2 Å². The quantitative estimate of drug-likeness (QED) is 0.602. The largest absolute Gasteiger partial charge is 0.459 e. The molecule has 0 radical (unpaired) electrons. The van der Waals surface area contributed by atoms with Crippen molar-refractivity contribution in [3.8, 4) is 11.3 Å². The highest BCUT2D eigenvalue weighted by atomic mass is 32.2. The Bertz CT molecular complexity index is 1020. The lowest BCUT2D eigenvalue weighted by atomic mass is 10.2. The number of rotatable bonds is 6. The van der Waals surface area contributed by atoms with Crippen molar-refractivity contribution in [1.82, 2.24) is 4.98 Å². The number of hydrogen-bond donors (Lipinski definition) is 0. The first-order valence-corrected chi connectivity index (χ1v) is 10.4. The van der Waals surface area contributed by atoms with Gasteiger partial charge in [-0.25, -0.2) is 13.4 Å². The minimum absolute atomic E-state index is 0.223. The van der Waals surface area contributed by atoms with Gasteiger partial charge in [-0.15, -0.1) is 17.9 Å². The van der Waals surface area contributed by atoms with Crippen LogP contribution in [-0.2, 0) is 9.84 Å². The van der Waals surface area contributed by atoms with Crippen molar-refractivity contribution in [1.29, 1.82) is 0 Å². The number of furan rings is 1. The Kier molecular flexibility index (Phi) is 5.06. The Morgan fingerprint density at radius 1 is 1.31 bits per heavy atom. The van der Waals surface area contributed by atoms with Crippen molar-refractivity contribution < 1.29 is 17.6 Å². The van der Waals surface area contributed by atoms with Crippen molar-refractivity contribution in [2.75, 3.05) is 17.7 Å². The molecule has 0 spiro atoms. The smallest absolute Gasteiger partial charge is 0.296 e. The van der Waals surface area contributed by atoms with Crippen LogP contribution in [0.1, 0.15) is 10.6 Å². The van der Waals surface area contributed by atoms with E-state index in [4.69, 9.17) is 4.42 Å². The van der Waals surface area contributed by atoms with Gasteiger partial charge in [0, 0.05) is 23.7 Å². The van der Waals surface area contributed by atoms with Crippen molar-refractivity contribution in [2.24, 2.45) is 0 Å². The molecule has 0 unspecified atom stereocenters. The Morgan fingerprint density at radius 2 is 2.04 bits per heavy atom. The van der Waals surface area contributed by atoms with Gasteiger partial charge in [0.25, 0.3) is 5.91 Å². The van der Waals surface area contributed by atoms with Crippen molar-refractivity contribution in [3.63, 3.8) is 0 Å². The van der Waals surface area contributed by atoms with Crippen LogP contribution < -0.4 is 4.90 Å². The third-order valence-corrected chi connectivity index (χ3v) is 5.58. The molecule has 3 aromatic rings. The number of amides is 1. The molecule has 26 heavy (non-hydrogen) atoms. The standard InChI is InChI=1S/C18H16N2O4S2/c1-3-10-20(17(21)16-5-4-11-24-16)18-19-15(12-25-18)13-6-8-14(9-7-13)26(2,22)23/h3-9,11-12H,1,10H2,2H3. The Balaban J connectivity index is 1.90. The summed E-state index contributed by atoms with van der Waals surface area (Å²) in [5.74, 6) is -0.0793. The molecule has 2 aromatic heterocycles. The molecule has 0 aliphatic heterocycles. The van der Waals surface area contributed by atoms with E-state index in [0.717, 1.165) is 11.8 Å². The highest BCUT2D eigenvalue weighted by Gasteiger charge is 2.22. The molecule has 8 heteroatoms. The molecule has 6 nitrogen and oxygen atoms in total. The molecule has 0 saturated carbocycles. The van der Waals surface area contributed by atoms with Gasteiger partial charge in [-0.3, -0.25) is 9.69 Å². The van der Waals surface area contributed by atoms with Crippen LogP contribution in [0.4, 0.5) is 5.13 Å². The number of benzene rings is 1. The van der Waals surface area contributed by atoms with Gasteiger partial charge in [0.1, 0.15) is 0 Å². The van der Waals surface area contributed by atoms with Gasteiger partial charge in [0.05, 0.1) is 16.9 Å². The fraction of sp³-hybridized carbons (Fsp3) is 0.111. The summed E-state index contributed by atoms with van der Waals surface area (Å²) in [5, 5.41) is 2.32. The number of sulfone groups is 1. The second-order valence-electron chi connectivity index (χ2n) is 5.49.